The fourth-order valence-electron chi connectivity index (χ4n) is 1.17. The molecule has 0 aliphatic heterocycles. The van der Waals surface area contributed by atoms with Gasteiger partial charge in [-0.1, -0.05) is 19.9 Å². The fourth-order valence-corrected chi connectivity index (χ4v) is 2.71. The highest BCUT2D eigenvalue weighted by molar-refractivity contribution is 6.51. The first-order valence-electron chi connectivity index (χ1n) is 5.07. The maximum Gasteiger partial charge on any atom is 0.176 e. The van der Waals surface area contributed by atoms with Gasteiger partial charge in [0, 0.05) is 6.61 Å². The van der Waals surface area contributed by atoms with Crippen molar-refractivity contribution in [2.24, 2.45) is 0 Å². The zero-order valence-corrected chi connectivity index (χ0v) is 9.67. The molecule has 0 fully saturated rings. The lowest BCUT2D eigenvalue weighted by Gasteiger charge is -2.11. The number of unbranched alkanes of at least 4 members (excludes halogenated alkanes) is 2. The normalized spacial score (nSPS) is 10.6. The molecule has 0 unspecified atom stereocenters. The van der Waals surface area contributed by atoms with E-state index in [2.05, 4.69) is 20.4 Å². The molecule has 0 amide bonds. The van der Waals surface area contributed by atoms with Crippen LogP contribution in [0.15, 0.2) is 12.7 Å². The lowest BCUT2D eigenvalue weighted by Crippen LogP contribution is -2.15. The fraction of sp³-hybridized carbons (Fsp3) is 0.800. The minimum Gasteiger partial charge on any atom is -0.420 e. The summed E-state index contributed by atoms with van der Waals surface area (Å²) in [6.07, 6.45) is 5.55. The third-order valence-corrected chi connectivity index (χ3v) is 4.60. The van der Waals surface area contributed by atoms with E-state index in [0.717, 1.165) is 13.0 Å². The monoisotopic (exact) mass is 186 g/mol. The lowest BCUT2D eigenvalue weighted by molar-refractivity contribution is 0.309. The Morgan fingerprint density at radius 1 is 1.25 bits per heavy atom. The Kier molecular flexibility index (Phi) is 8.95. The minimum absolute atomic E-state index is 0.769. The first-order valence-corrected chi connectivity index (χ1v) is 7.18. The van der Waals surface area contributed by atoms with Crippen LogP contribution >= 0.6 is 0 Å². The summed E-state index contributed by atoms with van der Waals surface area (Å²) in [5.74, 6) is 0. The van der Waals surface area contributed by atoms with Crippen molar-refractivity contribution in [1.82, 2.24) is 0 Å². The quantitative estimate of drug-likeness (QED) is 0.321. The molecular weight excluding hydrogens is 164 g/mol. The second kappa shape index (κ2) is 9.01. The van der Waals surface area contributed by atoms with Crippen LogP contribution in [0.5, 0.6) is 0 Å². The smallest absolute Gasteiger partial charge is 0.176 e. The Bertz CT molecular complexity index is 100. The number of allylic oxidation sites excluding steroid dienone is 1. The molecule has 72 valence electrons. The first kappa shape index (κ1) is 11.9. The predicted molar refractivity (Wildman–Crippen MR) is 58.1 cm³/mol. The molecule has 0 atom stereocenters. The van der Waals surface area contributed by atoms with Crippen LogP contribution in [0.25, 0.3) is 0 Å². The third kappa shape index (κ3) is 6.62. The maximum absolute atomic E-state index is 5.79. The van der Waals surface area contributed by atoms with Gasteiger partial charge in [0.15, 0.2) is 9.04 Å². The molecule has 0 spiro atoms. The highest BCUT2D eigenvalue weighted by Gasteiger charge is 2.04. The Morgan fingerprint density at radius 3 is 2.42 bits per heavy atom. The molecule has 0 heterocycles. The molecule has 0 aliphatic rings. The molecule has 2 heteroatoms. The van der Waals surface area contributed by atoms with E-state index in [1.807, 2.05) is 6.08 Å². The molecule has 0 aromatic heterocycles. The molecule has 0 saturated carbocycles. The van der Waals surface area contributed by atoms with Crippen molar-refractivity contribution in [3.05, 3.63) is 12.7 Å². The Balaban J connectivity index is 3.11. The molecular formula is C10H22OSi. The molecule has 0 saturated heterocycles. The van der Waals surface area contributed by atoms with Gasteiger partial charge in [0.05, 0.1) is 0 Å². The molecule has 0 N–H and O–H groups in total. The topological polar surface area (TPSA) is 9.23 Å². The van der Waals surface area contributed by atoms with Gasteiger partial charge in [-0.15, -0.1) is 6.58 Å². The van der Waals surface area contributed by atoms with Crippen LogP contribution in [0, 0.1) is 0 Å². The number of rotatable bonds is 8. The van der Waals surface area contributed by atoms with Crippen molar-refractivity contribution in [2.75, 3.05) is 6.61 Å². The van der Waals surface area contributed by atoms with Crippen molar-refractivity contribution >= 4 is 9.04 Å². The Morgan fingerprint density at radius 2 is 1.92 bits per heavy atom. The third-order valence-electron chi connectivity index (χ3n) is 2.07. The van der Waals surface area contributed by atoms with Crippen molar-refractivity contribution in [1.29, 1.82) is 0 Å². The van der Waals surface area contributed by atoms with Gasteiger partial charge >= 0.3 is 0 Å². The van der Waals surface area contributed by atoms with Crippen molar-refractivity contribution in [3.8, 4) is 0 Å². The first-order chi connectivity index (χ1) is 5.85. The highest BCUT2D eigenvalue weighted by Crippen LogP contribution is 2.02. The summed E-state index contributed by atoms with van der Waals surface area (Å²) in [4.78, 5) is 0. The second-order valence-corrected chi connectivity index (χ2v) is 6.30. The average Bonchev–Trinajstić information content (AvgIpc) is 2.11. The van der Waals surface area contributed by atoms with E-state index in [4.69, 9.17) is 4.43 Å². The Hall–Kier alpha value is -0.0831. The van der Waals surface area contributed by atoms with Crippen LogP contribution in [0.4, 0.5) is 0 Å². The van der Waals surface area contributed by atoms with Crippen LogP contribution in [-0.4, -0.2) is 15.6 Å². The van der Waals surface area contributed by atoms with Crippen LogP contribution < -0.4 is 0 Å². The van der Waals surface area contributed by atoms with Gasteiger partial charge in [-0.05, 0) is 31.4 Å². The largest absolute Gasteiger partial charge is 0.420 e. The molecule has 1 nitrogen and oxygen atoms in total. The summed E-state index contributed by atoms with van der Waals surface area (Å²) in [5, 5.41) is 0. The zero-order valence-electron chi connectivity index (χ0n) is 8.51. The van der Waals surface area contributed by atoms with Gasteiger partial charge in [-0.3, -0.25) is 0 Å². The molecule has 0 aromatic carbocycles. The van der Waals surface area contributed by atoms with Crippen molar-refractivity contribution in [3.63, 3.8) is 0 Å². The van der Waals surface area contributed by atoms with Crippen LogP contribution in [0.2, 0.25) is 12.1 Å². The van der Waals surface area contributed by atoms with Gasteiger partial charge in [-0.25, -0.2) is 0 Å². The molecule has 12 heavy (non-hydrogen) atoms. The van der Waals surface area contributed by atoms with E-state index in [1.54, 1.807) is 0 Å². The zero-order chi connectivity index (χ0) is 9.23. The van der Waals surface area contributed by atoms with E-state index in [9.17, 15) is 0 Å². The molecule has 0 aliphatic carbocycles. The molecule has 0 aromatic rings. The molecule has 0 radical (unpaired) electrons. The Labute approximate surface area is 78.5 Å². The van der Waals surface area contributed by atoms with Gasteiger partial charge < -0.3 is 4.43 Å². The maximum atomic E-state index is 5.79. The van der Waals surface area contributed by atoms with E-state index < -0.39 is 9.04 Å². The van der Waals surface area contributed by atoms with E-state index in [-0.39, 0.29) is 0 Å². The van der Waals surface area contributed by atoms with Gasteiger partial charge in [-0.2, -0.15) is 0 Å². The number of hydrogen-bond acceptors (Lipinski definition) is 1. The summed E-state index contributed by atoms with van der Waals surface area (Å²) in [6, 6.07) is 2.55. The van der Waals surface area contributed by atoms with E-state index in [1.165, 1.54) is 24.9 Å². The van der Waals surface area contributed by atoms with E-state index in [0.29, 0.717) is 0 Å². The summed E-state index contributed by atoms with van der Waals surface area (Å²) < 4.78 is 5.79. The summed E-state index contributed by atoms with van der Waals surface area (Å²) in [7, 11) is -0.769. The van der Waals surface area contributed by atoms with Gasteiger partial charge in [0.1, 0.15) is 0 Å². The predicted octanol–water partition coefficient (Wildman–Crippen LogP) is 3.12. The number of hydrogen-bond donors (Lipinski definition) is 0. The van der Waals surface area contributed by atoms with Crippen LogP contribution in [0.3, 0.4) is 0 Å². The van der Waals surface area contributed by atoms with Gasteiger partial charge in [0.2, 0.25) is 0 Å². The van der Waals surface area contributed by atoms with Crippen LogP contribution in [0.1, 0.15) is 33.1 Å². The summed E-state index contributed by atoms with van der Waals surface area (Å²) >= 11 is 0. The van der Waals surface area contributed by atoms with Gasteiger partial charge in [0.25, 0.3) is 0 Å². The highest BCUT2D eigenvalue weighted by atomic mass is 28.3. The van der Waals surface area contributed by atoms with Crippen LogP contribution in [-0.2, 0) is 4.43 Å². The molecule has 0 bridgehead atoms. The molecule has 0 rings (SSSR count). The lowest BCUT2D eigenvalue weighted by atomic mass is 10.2. The van der Waals surface area contributed by atoms with Crippen molar-refractivity contribution < 1.29 is 4.43 Å². The SMILES string of the molecule is C=CCCCCO[SiH](CC)CC. The average molecular weight is 186 g/mol. The van der Waals surface area contributed by atoms with Crippen molar-refractivity contribution in [2.45, 2.75) is 45.2 Å². The summed E-state index contributed by atoms with van der Waals surface area (Å²) in [5.41, 5.74) is 0. The minimum atomic E-state index is -0.769. The standard InChI is InChI=1S/C10H22OSi/c1-4-7-8-9-10-11-12(5-2)6-3/h4,12H,1,5-10H2,2-3H3. The summed E-state index contributed by atoms with van der Waals surface area (Å²) in [6.45, 7) is 9.15. The van der Waals surface area contributed by atoms with E-state index >= 15 is 0 Å². The second-order valence-electron chi connectivity index (χ2n) is 3.09.